The van der Waals surface area contributed by atoms with Crippen LogP contribution < -0.4 is 5.32 Å². The first-order valence-electron chi connectivity index (χ1n) is 8.01. The Bertz CT molecular complexity index is 503. The topological polar surface area (TPSA) is 88.2 Å². The minimum Gasteiger partial charge on any atom is -0.444 e. The lowest BCUT2D eigenvalue weighted by atomic mass is 10.1. The normalized spacial score (nSPS) is 22.7. The van der Waals surface area contributed by atoms with Crippen molar-refractivity contribution < 1.29 is 22.7 Å². The van der Waals surface area contributed by atoms with Gasteiger partial charge in [0, 0.05) is 32.2 Å². The lowest BCUT2D eigenvalue weighted by Crippen LogP contribution is -2.53. The van der Waals surface area contributed by atoms with Crippen molar-refractivity contribution in [3.63, 3.8) is 0 Å². The summed E-state index contributed by atoms with van der Waals surface area (Å²) in [6.45, 7) is 7.92. The molecular weight excluding hydrogens is 322 g/mol. The molecule has 0 unspecified atom stereocenters. The summed E-state index contributed by atoms with van der Waals surface area (Å²) in [5.41, 5.74) is -0.537. The summed E-state index contributed by atoms with van der Waals surface area (Å²) >= 11 is 0. The van der Waals surface area contributed by atoms with E-state index in [1.807, 2.05) is 20.8 Å². The van der Waals surface area contributed by atoms with Gasteiger partial charge in [0.15, 0.2) is 0 Å². The van der Waals surface area contributed by atoms with Crippen LogP contribution in [0.25, 0.3) is 0 Å². The van der Waals surface area contributed by atoms with Crippen LogP contribution in [0.4, 0.5) is 4.79 Å². The van der Waals surface area contributed by atoms with Gasteiger partial charge < -0.3 is 14.8 Å². The Morgan fingerprint density at radius 2 is 1.61 bits per heavy atom. The molecule has 0 atom stereocenters. The van der Waals surface area contributed by atoms with Crippen molar-refractivity contribution in [2.45, 2.75) is 45.3 Å². The van der Waals surface area contributed by atoms with Gasteiger partial charge in [-0.15, -0.1) is 0 Å². The van der Waals surface area contributed by atoms with Gasteiger partial charge in [-0.2, -0.15) is 17.0 Å². The van der Waals surface area contributed by atoms with Crippen molar-refractivity contribution in [2.24, 2.45) is 0 Å². The molecule has 0 aliphatic carbocycles. The highest BCUT2D eigenvalue weighted by Gasteiger charge is 2.34. The van der Waals surface area contributed by atoms with E-state index in [-0.39, 0.29) is 6.04 Å². The summed E-state index contributed by atoms with van der Waals surface area (Å²) in [6.07, 6.45) is 0.720. The van der Waals surface area contributed by atoms with E-state index in [0.29, 0.717) is 52.2 Å². The van der Waals surface area contributed by atoms with Crippen LogP contribution in [0.3, 0.4) is 0 Å². The molecule has 0 aromatic rings. The predicted octanol–water partition coefficient (Wildman–Crippen LogP) is 0.553. The molecule has 134 valence electrons. The Morgan fingerprint density at radius 1 is 1.09 bits per heavy atom. The molecule has 0 saturated carbocycles. The fourth-order valence-electron chi connectivity index (χ4n) is 2.65. The van der Waals surface area contributed by atoms with Crippen molar-refractivity contribution in [1.29, 1.82) is 0 Å². The van der Waals surface area contributed by atoms with Crippen LogP contribution in [0.2, 0.25) is 0 Å². The maximum Gasteiger partial charge on any atom is 0.407 e. The maximum atomic E-state index is 12.5. The fraction of sp³-hybridized carbons (Fsp3) is 0.929. The Kier molecular flexibility index (Phi) is 5.88. The zero-order chi connectivity index (χ0) is 17.1. The molecule has 0 spiro atoms. The van der Waals surface area contributed by atoms with Gasteiger partial charge in [-0.1, -0.05) is 0 Å². The first-order chi connectivity index (χ1) is 10.7. The van der Waals surface area contributed by atoms with E-state index in [4.69, 9.17) is 9.47 Å². The quantitative estimate of drug-likeness (QED) is 0.804. The summed E-state index contributed by atoms with van der Waals surface area (Å²) in [4.78, 5) is 11.8. The maximum absolute atomic E-state index is 12.5. The second kappa shape index (κ2) is 7.33. The van der Waals surface area contributed by atoms with Crippen molar-refractivity contribution in [3.8, 4) is 0 Å². The molecule has 2 rings (SSSR count). The molecule has 1 amide bonds. The molecule has 9 heteroatoms. The number of carbonyl (C=O) groups is 1. The van der Waals surface area contributed by atoms with Gasteiger partial charge in [-0.05, 0) is 33.6 Å². The Labute approximate surface area is 138 Å². The summed E-state index contributed by atoms with van der Waals surface area (Å²) in [7, 11) is -3.42. The molecular formula is C14H27N3O5S. The van der Waals surface area contributed by atoms with Crippen molar-refractivity contribution in [1.82, 2.24) is 13.9 Å². The molecule has 0 radical (unpaired) electrons. The Morgan fingerprint density at radius 3 is 2.13 bits per heavy atom. The van der Waals surface area contributed by atoms with Crippen LogP contribution in [0.5, 0.6) is 0 Å². The van der Waals surface area contributed by atoms with Crippen LogP contribution in [-0.2, 0) is 19.7 Å². The smallest absolute Gasteiger partial charge is 0.407 e. The van der Waals surface area contributed by atoms with E-state index in [1.54, 1.807) is 0 Å². The highest BCUT2D eigenvalue weighted by molar-refractivity contribution is 7.86. The number of nitrogens with zero attached hydrogens (tertiary/aromatic N) is 2. The fourth-order valence-corrected chi connectivity index (χ4v) is 4.26. The van der Waals surface area contributed by atoms with Gasteiger partial charge in [-0.25, -0.2) is 4.79 Å². The summed E-state index contributed by atoms with van der Waals surface area (Å²) < 4.78 is 38.5. The number of amides is 1. The number of hydrogen-bond donors (Lipinski definition) is 1. The van der Waals surface area contributed by atoms with E-state index in [0.717, 1.165) is 0 Å². The third-order valence-corrected chi connectivity index (χ3v) is 5.83. The number of rotatable bonds is 3. The molecule has 2 aliphatic heterocycles. The number of nitrogens with one attached hydrogen (secondary N) is 1. The second-order valence-corrected chi connectivity index (χ2v) is 8.77. The minimum atomic E-state index is -3.42. The SMILES string of the molecule is CC(C)(C)OC(=O)NC1CCN(S(=O)(=O)N2CCOCC2)CC1. The average molecular weight is 349 g/mol. The molecule has 2 heterocycles. The van der Waals surface area contributed by atoms with Crippen LogP contribution in [-0.4, -0.2) is 74.2 Å². The average Bonchev–Trinajstić information content (AvgIpc) is 2.46. The van der Waals surface area contributed by atoms with Crippen LogP contribution >= 0.6 is 0 Å². The number of hydrogen-bond acceptors (Lipinski definition) is 5. The third kappa shape index (κ3) is 5.30. The standard InChI is InChI=1S/C14H27N3O5S/c1-14(2,3)22-13(18)15-12-4-6-16(7-5-12)23(19,20)17-8-10-21-11-9-17/h12H,4-11H2,1-3H3,(H,15,18). The van der Waals surface area contributed by atoms with Crippen molar-refractivity contribution in [2.75, 3.05) is 39.4 Å². The molecule has 0 aromatic carbocycles. The summed E-state index contributed by atoms with van der Waals surface area (Å²) in [6, 6.07) is -0.0546. The van der Waals surface area contributed by atoms with Gasteiger partial charge in [0.25, 0.3) is 10.2 Å². The van der Waals surface area contributed by atoms with Crippen molar-refractivity contribution in [3.05, 3.63) is 0 Å². The van der Waals surface area contributed by atoms with Gasteiger partial charge in [0.2, 0.25) is 0 Å². The van der Waals surface area contributed by atoms with E-state index >= 15 is 0 Å². The van der Waals surface area contributed by atoms with Crippen molar-refractivity contribution >= 4 is 16.3 Å². The lowest BCUT2D eigenvalue weighted by molar-refractivity contribution is 0.0486. The molecule has 0 aromatic heterocycles. The Balaban J connectivity index is 1.82. The number of piperidine rings is 1. The van der Waals surface area contributed by atoms with Gasteiger partial charge in [0.05, 0.1) is 13.2 Å². The summed E-state index contributed by atoms with van der Waals surface area (Å²) in [5.74, 6) is 0. The number of ether oxygens (including phenoxy) is 2. The second-order valence-electron chi connectivity index (χ2n) is 6.84. The molecule has 2 fully saturated rings. The molecule has 2 saturated heterocycles. The van der Waals surface area contributed by atoms with E-state index in [1.165, 1.54) is 8.61 Å². The summed E-state index contributed by atoms with van der Waals surface area (Å²) in [5, 5.41) is 2.81. The number of morpholine rings is 1. The van der Waals surface area contributed by atoms with Crippen LogP contribution in [0, 0.1) is 0 Å². The predicted molar refractivity (Wildman–Crippen MR) is 85.3 cm³/mol. The largest absolute Gasteiger partial charge is 0.444 e. The van der Waals surface area contributed by atoms with E-state index in [2.05, 4.69) is 5.32 Å². The Hall–Kier alpha value is -0.900. The van der Waals surface area contributed by atoms with Crippen LogP contribution in [0.15, 0.2) is 0 Å². The first kappa shape index (κ1) is 18.4. The highest BCUT2D eigenvalue weighted by Crippen LogP contribution is 2.18. The minimum absolute atomic E-state index is 0.0546. The van der Waals surface area contributed by atoms with Crippen LogP contribution in [0.1, 0.15) is 33.6 Å². The molecule has 1 N–H and O–H groups in total. The number of alkyl carbamates (subject to hydrolysis) is 1. The van der Waals surface area contributed by atoms with Gasteiger partial charge >= 0.3 is 6.09 Å². The van der Waals surface area contributed by atoms with Gasteiger partial charge in [0.1, 0.15) is 5.60 Å². The first-order valence-corrected chi connectivity index (χ1v) is 9.41. The monoisotopic (exact) mass is 349 g/mol. The van der Waals surface area contributed by atoms with Gasteiger partial charge in [-0.3, -0.25) is 0 Å². The zero-order valence-corrected chi connectivity index (χ0v) is 14.9. The molecule has 0 bridgehead atoms. The highest BCUT2D eigenvalue weighted by atomic mass is 32.2. The van der Waals surface area contributed by atoms with E-state index < -0.39 is 21.9 Å². The lowest BCUT2D eigenvalue weighted by Gasteiger charge is -2.36. The van der Waals surface area contributed by atoms with E-state index in [9.17, 15) is 13.2 Å². The number of carbonyl (C=O) groups excluding carboxylic acids is 1. The third-order valence-electron chi connectivity index (χ3n) is 3.80. The molecule has 8 nitrogen and oxygen atoms in total. The molecule has 2 aliphatic rings. The zero-order valence-electron chi connectivity index (χ0n) is 14.1. The molecule has 23 heavy (non-hydrogen) atoms.